The van der Waals surface area contributed by atoms with Gasteiger partial charge in [-0.05, 0) is 49.2 Å². The Kier molecular flexibility index (Phi) is 11.6. The van der Waals surface area contributed by atoms with Crippen LogP contribution in [0.4, 0.5) is 0 Å². The molecule has 0 aliphatic rings. The summed E-state index contributed by atoms with van der Waals surface area (Å²) in [5.74, 6) is 0.311. The first-order valence-corrected chi connectivity index (χ1v) is 13.7. The van der Waals surface area contributed by atoms with Crippen molar-refractivity contribution in [3.63, 3.8) is 0 Å². The lowest BCUT2D eigenvalue weighted by atomic mass is 9.99. The van der Waals surface area contributed by atoms with Crippen LogP contribution in [0, 0.1) is 3.82 Å². The zero-order valence-corrected chi connectivity index (χ0v) is 21.3. The topological polar surface area (TPSA) is 67.2 Å². The fraction of sp³-hybridized carbons (Fsp3) is 0.609. The van der Waals surface area contributed by atoms with Crippen molar-refractivity contribution in [2.45, 2.75) is 53.1 Å². The van der Waals surface area contributed by atoms with E-state index in [0.717, 1.165) is 52.9 Å². The van der Waals surface area contributed by atoms with E-state index in [1.165, 1.54) is 10.4 Å². The maximum absolute atomic E-state index is 11.1. The van der Waals surface area contributed by atoms with Gasteiger partial charge in [0.2, 0.25) is 0 Å². The number of phenols is 1. The number of aliphatic hydroxyl groups excluding tert-OH is 2. The minimum atomic E-state index is 0.0916. The van der Waals surface area contributed by atoms with Gasteiger partial charge < -0.3 is 15.3 Å². The molecule has 0 saturated heterocycles. The van der Waals surface area contributed by atoms with Crippen LogP contribution < -0.4 is 0 Å². The fourth-order valence-electron chi connectivity index (χ4n) is 3.66. The van der Waals surface area contributed by atoms with Crippen molar-refractivity contribution in [3.8, 4) is 16.2 Å². The van der Waals surface area contributed by atoms with Gasteiger partial charge in [-0.25, -0.2) is 0 Å². The molecule has 0 bridgehead atoms. The number of hydrogen-bond donors (Lipinski definition) is 3. The number of aromatic hydroxyl groups is 1. The van der Waals surface area contributed by atoms with Crippen molar-refractivity contribution in [2.75, 3.05) is 39.4 Å². The molecule has 0 atom stereocenters. The molecule has 2 aromatic rings. The van der Waals surface area contributed by atoms with Gasteiger partial charge in [0.1, 0.15) is 9.57 Å². The Bertz CT molecular complexity index is 829. The van der Waals surface area contributed by atoms with E-state index in [0.29, 0.717) is 31.9 Å². The summed E-state index contributed by atoms with van der Waals surface area (Å²) >= 11 is 5.63. The van der Waals surface area contributed by atoms with Gasteiger partial charge in [-0.3, -0.25) is 9.80 Å². The van der Waals surface area contributed by atoms with E-state index >= 15 is 0 Å². The van der Waals surface area contributed by atoms with Crippen LogP contribution in [0.25, 0.3) is 10.4 Å². The van der Waals surface area contributed by atoms with Crippen LogP contribution in [0.1, 0.15) is 50.3 Å². The Labute approximate surface area is 199 Å². The van der Waals surface area contributed by atoms with E-state index in [9.17, 15) is 15.3 Å². The van der Waals surface area contributed by atoms with Crippen LogP contribution in [0.2, 0.25) is 0 Å². The molecule has 8 heteroatoms. The van der Waals surface area contributed by atoms with Gasteiger partial charge in [-0.1, -0.05) is 60.1 Å². The minimum Gasteiger partial charge on any atom is -0.507 e. The van der Waals surface area contributed by atoms with Crippen molar-refractivity contribution >= 4 is 32.9 Å². The lowest BCUT2D eigenvalue weighted by molar-refractivity contribution is 0.192. The predicted octanol–water partition coefficient (Wildman–Crippen LogP) is 4.88. The second-order valence-corrected chi connectivity index (χ2v) is 10.5. The van der Waals surface area contributed by atoms with Gasteiger partial charge in [0.25, 0.3) is 0 Å². The summed E-state index contributed by atoms with van der Waals surface area (Å²) in [4.78, 5) is 5.46. The molecule has 2 rings (SSSR count). The van der Waals surface area contributed by atoms with E-state index in [1.54, 1.807) is 20.7 Å². The summed E-state index contributed by atoms with van der Waals surface area (Å²) in [6.45, 7) is 10.4. The zero-order chi connectivity index (χ0) is 22.8. The van der Waals surface area contributed by atoms with E-state index in [-0.39, 0.29) is 13.2 Å². The number of unbranched alkanes of at least 4 members (excludes halogenated alkanes) is 1. The van der Waals surface area contributed by atoms with Crippen LogP contribution in [0.15, 0.2) is 12.1 Å². The van der Waals surface area contributed by atoms with E-state index in [4.69, 9.17) is 12.2 Å². The molecule has 174 valence electrons. The molecule has 5 nitrogen and oxygen atoms in total. The zero-order valence-electron chi connectivity index (χ0n) is 18.9. The van der Waals surface area contributed by atoms with Crippen LogP contribution in [0.5, 0.6) is 5.75 Å². The second-order valence-electron chi connectivity index (χ2n) is 7.69. The van der Waals surface area contributed by atoms with Gasteiger partial charge >= 0.3 is 0 Å². The van der Waals surface area contributed by atoms with Crippen molar-refractivity contribution in [3.05, 3.63) is 32.6 Å². The highest BCUT2D eigenvalue weighted by Gasteiger charge is 2.18. The standard InChI is InChI=1S/C23H36N2O3S3/c1-4-7-8-20-22(30-31-23(20)29)17-13-18(15-24(5-2)9-11-26)21(28)19(14-17)16-25(6-3)10-12-27/h13-14,26-28H,4-12,15-16H2,1-3H3. The van der Waals surface area contributed by atoms with Crippen LogP contribution in [0.3, 0.4) is 0 Å². The second kappa shape index (κ2) is 13.6. The Morgan fingerprint density at radius 3 is 1.90 bits per heavy atom. The van der Waals surface area contributed by atoms with Crippen molar-refractivity contribution in [1.82, 2.24) is 9.80 Å². The molecule has 0 aliphatic carbocycles. The number of benzene rings is 1. The Morgan fingerprint density at radius 1 is 0.903 bits per heavy atom. The van der Waals surface area contributed by atoms with Crippen LogP contribution >= 0.6 is 32.9 Å². The van der Waals surface area contributed by atoms with Gasteiger partial charge in [-0.2, -0.15) is 0 Å². The van der Waals surface area contributed by atoms with E-state index in [1.807, 2.05) is 0 Å². The summed E-state index contributed by atoms with van der Waals surface area (Å²) in [6, 6.07) is 4.17. The first-order valence-electron chi connectivity index (χ1n) is 11.1. The molecule has 0 unspecified atom stereocenters. The molecule has 1 aromatic heterocycles. The molecule has 31 heavy (non-hydrogen) atoms. The predicted molar refractivity (Wildman–Crippen MR) is 135 cm³/mol. The highest BCUT2D eigenvalue weighted by atomic mass is 32.9. The number of nitrogens with zero attached hydrogens (tertiary/aromatic N) is 2. The van der Waals surface area contributed by atoms with E-state index in [2.05, 4.69) is 42.7 Å². The normalized spacial score (nSPS) is 11.7. The first-order chi connectivity index (χ1) is 15.0. The SMILES string of the molecule is CCCCc1c(-c2cc(CN(CC)CCO)c(O)c(CN(CC)CCO)c2)ssc1=S. The number of aliphatic hydroxyl groups is 2. The van der Waals surface area contributed by atoms with Crippen molar-refractivity contribution in [2.24, 2.45) is 0 Å². The summed E-state index contributed by atoms with van der Waals surface area (Å²) in [5, 5.41) is 29.9. The summed E-state index contributed by atoms with van der Waals surface area (Å²) in [6.07, 6.45) is 3.21. The number of phenolic OH excluding ortho intramolecular Hbond substituents is 1. The minimum absolute atomic E-state index is 0.0916. The Hall–Kier alpha value is -0.870. The summed E-state index contributed by atoms with van der Waals surface area (Å²) in [5.41, 5.74) is 4.09. The van der Waals surface area contributed by atoms with Gasteiger partial charge in [0, 0.05) is 37.3 Å². The van der Waals surface area contributed by atoms with Gasteiger partial charge in [-0.15, -0.1) is 0 Å². The Morgan fingerprint density at radius 2 is 1.45 bits per heavy atom. The van der Waals surface area contributed by atoms with Crippen molar-refractivity contribution < 1.29 is 15.3 Å². The molecular weight excluding hydrogens is 448 g/mol. The molecule has 0 fully saturated rings. The molecule has 3 N–H and O–H groups in total. The lowest BCUT2D eigenvalue weighted by Crippen LogP contribution is -2.27. The third kappa shape index (κ3) is 7.32. The Balaban J connectivity index is 2.53. The summed E-state index contributed by atoms with van der Waals surface area (Å²) < 4.78 is 0.968. The maximum atomic E-state index is 11.1. The van der Waals surface area contributed by atoms with Crippen molar-refractivity contribution in [1.29, 1.82) is 0 Å². The smallest absolute Gasteiger partial charge is 0.124 e. The first kappa shape index (κ1) is 26.4. The van der Waals surface area contributed by atoms with Gasteiger partial charge in [0.05, 0.1) is 18.1 Å². The molecule has 1 aromatic carbocycles. The molecule has 1 heterocycles. The average molecular weight is 485 g/mol. The van der Waals surface area contributed by atoms with Crippen LogP contribution in [-0.4, -0.2) is 64.5 Å². The maximum Gasteiger partial charge on any atom is 0.124 e. The quantitative estimate of drug-likeness (QED) is 0.262. The van der Waals surface area contributed by atoms with Gasteiger partial charge in [0.15, 0.2) is 0 Å². The van der Waals surface area contributed by atoms with E-state index < -0.39 is 0 Å². The third-order valence-corrected chi connectivity index (χ3v) is 8.74. The summed E-state index contributed by atoms with van der Waals surface area (Å²) in [7, 11) is 3.37. The average Bonchev–Trinajstić information content (AvgIpc) is 3.14. The molecule has 0 spiro atoms. The van der Waals surface area contributed by atoms with Crippen LogP contribution in [-0.2, 0) is 19.5 Å². The largest absolute Gasteiger partial charge is 0.507 e. The lowest BCUT2D eigenvalue weighted by Gasteiger charge is -2.24. The molecule has 0 amide bonds. The number of hydrogen-bond acceptors (Lipinski definition) is 8. The molecule has 0 saturated carbocycles. The molecular formula is C23H36N2O3S3. The highest BCUT2D eigenvalue weighted by Crippen LogP contribution is 2.39. The fourth-order valence-corrected chi connectivity index (χ4v) is 6.65. The molecule has 0 aliphatic heterocycles. The number of likely N-dealkylation sites (N-methyl/N-ethyl adjacent to an activating group) is 2. The monoisotopic (exact) mass is 484 g/mol. The highest BCUT2D eigenvalue weighted by molar-refractivity contribution is 7.80. The third-order valence-electron chi connectivity index (χ3n) is 5.55. The number of rotatable bonds is 14. The molecule has 0 radical (unpaired) electrons.